The van der Waals surface area contributed by atoms with Crippen LogP contribution in [-0.4, -0.2) is 29.7 Å². The van der Waals surface area contributed by atoms with Crippen LogP contribution in [0.5, 0.6) is 0 Å². The first-order valence-electron chi connectivity index (χ1n) is 7.30. The standard InChI is InChI=1S/C16H21NO4/c1-11(16(19)20)12-6-8-13(9-7-12)17-15(18)10-21-14-4-2-3-5-14/h6-9,11,14H,2-5,10H2,1H3,(H,17,18)(H,19,20). The Morgan fingerprint density at radius 1 is 1.29 bits per heavy atom. The zero-order valence-corrected chi connectivity index (χ0v) is 12.2. The van der Waals surface area contributed by atoms with Crippen molar-refractivity contribution in [1.29, 1.82) is 0 Å². The molecule has 0 bridgehead atoms. The topological polar surface area (TPSA) is 75.6 Å². The third kappa shape index (κ3) is 4.56. The van der Waals surface area contributed by atoms with Crippen molar-refractivity contribution in [3.8, 4) is 0 Å². The molecule has 21 heavy (non-hydrogen) atoms. The lowest BCUT2D eigenvalue weighted by Gasteiger charge is -2.12. The molecule has 1 aromatic carbocycles. The van der Waals surface area contributed by atoms with Crippen LogP contribution in [-0.2, 0) is 14.3 Å². The number of carboxylic acids is 1. The molecule has 0 aliphatic heterocycles. The smallest absolute Gasteiger partial charge is 0.310 e. The zero-order chi connectivity index (χ0) is 15.2. The number of carbonyl (C=O) groups is 2. The van der Waals surface area contributed by atoms with E-state index in [-0.39, 0.29) is 18.6 Å². The van der Waals surface area contributed by atoms with Gasteiger partial charge >= 0.3 is 5.97 Å². The fourth-order valence-electron chi connectivity index (χ4n) is 2.44. The number of amides is 1. The highest BCUT2D eigenvalue weighted by Crippen LogP contribution is 2.21. The van der Waals surface area contributed by atoms with Crippen LogP contribution in [0.1, 0.15) is 44.1 Å². The Morgan fingerprint density at radius 2 is 1.90 bits per heavy atom. The van der Waals surface area contributed by atoms with E-state index in [1.54, 1.807) is 31.2 Å². The molecule has 0 saturated heterocycles. The first-order valence-corrected chi connectivity index (χ1v) is 7.30. The van der Waals surface area contributed by atoms with E-state index >= 15 is 0 Å². The van der Waals surface area contributed by atoms with Gasteiger partial charge in [-0.25, -0.2) is 0 Å². The van der Waals surface area contributed by atoms with Gasteiger partial charge in [0, 0.05) is 5.69 Å². The molecule has 114 valence electrons. The van der Waals surface area contributed by atoms with E-state index in [0.29, 0.717) is 11.3 Å². The average molecular weight is 291 g/mol. The van der Waals surface area contributed by atoms with E-state index in [4.69, 9.17) is 9.84 Å². The lowest BCUT2D eigenvalue weighted by Crippen LogP contribution is -2.21. The van der Waals surface area contributed by atoms with Gasteiger partial charge in [0.2, 0.25) is 5.91 Å². The second-order valence-electron chi connectivity index (χ2n) is 5.45. The van der Waals surface area contributed by atoms with Gasteiger partial charge in [-0.2, -0.15) is 0 Å². The molecular weight excluding hydrogens is 270 g/mol. The lowest BCUT2D eigenvalue weighted by molar-refractivity contribution is -0.138. The van der Waals surface area contributed by atoms with Crippen LogP contribution in [0.3, 0.4) is 0 Å². The van der Waals surface area contributed by atoms with Gasteiger partial charge in [0.15, 0.2) is 0 Å². The molecule has 0 radical (unpaired) electrons. The maximum atomic E-state index is 11.8. The van der Waals surface area contributed by atoms with Crippen molar-refractivity contribution in [3.63, 3.8) is 0 Å². The first kappa shape index (κ1) is 15.5. The van der Waals surface area contributed by atoms with Crippen molar-refractivity contribution in [3.05, 3.63) is 29.8 Å². The highest BCUT2D eigenvalue weighted by Gasteiger charge is 2.17. The summed E-state index contributed by atoms with van der Waals surface area (Å²) in [6, 6.07) is 6.85. The SMILES string of the molecule is CC(C(=O)O)c1ccc(NC(=O)COC2CCCC2)cc1. The molecule has 1 amide bonds. The molecule has 1 saturated carbocycles. The zero-order valence-electron chi connectivity index (χ0n) is 12.2. The normalized spacial score (nSPS) is 16.6. The van der Waals surface area contributed by atoms with E-state index in [0.717, 1.165) is 12.8 Å². The van der Waals surface area contributed by atoms with Crippen molar-refractivity contribution < 1.29 is 19.4 Å². The highest BCUT2D eigenvalue weighted by molar-refractivity contribution is 5.91. The summed E-state index contributed by atoms with van der Waals surface area (Å²) in [6.07, 6.45) is 4.64. The number of nitrogens with one attached hydrogen (secondary N) is 1. The van der Waals surface area contributed by atoms with Crippen LogP contribution < -0.4 is 5.32 Å². The Balaban J connectivity index is 1.82. The van der Waals surface area contributed by atoms with Crippen LogP contribution in [0.4, 0.5) is 5.69 Å². The predicted octanol–water partition coefficient (Wildman–Crippen LogP) is 2.77. The van der Waals surface area contributed by atoms with Crippen LogP contribution in [0.2, 0.25) is 0 Å². The predicted molar refractivity (Wildman–Crippen MR) is 79.3 cm³/mol. The van der Waals surface area contributed by atoms with E-state index in [2.05, 4.69) is 5.32 Å². The molecule has 5 heteroatoms. The molecule has 5 nitrogen and oxygen atoms in total. The Morgan fingerprint density at radius 3 is 2.48 bits per heavy atom. The number of rotatable bonds is 6. The monoisotopic (exact) mass is 291 g/mol. The Bertz CT molecular complexity index is 492. The second-order valence-corrected chi connectivity index (χ2v) is 5.45. The Hall–Kier alpha value is -1.88. The number of anilines is 1. The number of ether oxygens (including phenoxy) is 1. The number of carboxylic acid groups (broad SMARTS) is 1. The van der Waals surface area contributed by atoms with E-state index in [9.17, 15) is 9.59 Å². The maximum absolute atomic E-state index is 11.8. The summed E-state index contributed by atoms with van der Waals surface area (Å²) in [4.78, 5) is 22.7. The lowest BCUT2D eigenvalue weighted by atomic mass is 10.0. The number of aliphatic carboxylic acids is 1. The first-order chi connectivity index (χ1) is 10.1. The van der Waals surface area contributed by atoms with Crippen molar-refractivity contribution >= 4 is 17.6 Å². The van der Waals surface area contributed by atoms with Gasteiger partial charge in [0.1, 0.15) is 6.61 Å². The minimum atomic E-state index is -0.864. The van der Waals surface area contributed by atoms with Crippen molar-refractivity contribution in [2.24, 2.45) is 0 Å². The quantitative estimate of drug-likeness (QED) is 0.845. The summed E-state index contributed by atoms with van der Waals surface area (Å²) in [7, 11) is 0. The molecule has 1 aromatic rings. The molecular formula is C16H21NO4. The molecule has 2 N–H and O–H groups in total. The van der Waals surface area contributed by atoms with Gasteiger partial charge in [-0.15, -0.1) is 0 Å². The van der Waals surface area contributed by atoms with Gasteiger partial charge < -0.3 is 15.2 Å². The van der Waals surface area contributed by atoms with Crippen LogP contribution in [0, 0.1) is 0 Å². The van der Waals surface area contributed by atoms with Crippen LogP contribution in [0.25, 0.3) is 0 Å². The highest BCUT2D eigenvalue weighted by atomic mass is 16.5. The average Bonchev–Trinajstić information content (AvgIpc) is 2.98. The number of carbonyl (C=O) groups excluding carboxylic acids is 1. The summed E-state index contributed by atoms with van der Waals surface area (Å²) in [5.74, 6) is -1.60. The number of hydrogen-bond donors (Lipinski definition) is 2. The van der Waals surface area contributed by atoms with Gasteiger partial charge in [0.05, 0.1) is 12.0 Å². The molecule has 0 heterocycles. The van der Waals surface area contributed by atoms with Crippen molar-refractivity contribution in [1.82, 2.24) is 0 Å². The second kappa shape index (κ2) is 7.22. The summed E-state index contributed by atoms with van der Waals surface area (Å²) in [6.45, 7) is 1.70. The minimum Gasteiger partial charge on any atom is -0.481 e. The Kier molecular flexibility index (Phi) is 5.33. The molecule has 1 aliphatic carbocycles. The molecule has 1 atom stereocenters. The Labute approximate surface area is 124 Å². The fourth-order valence-corrected chi connectivity index (χ4v) is 2.44. The summed E-state index contributed by atoms with van der Waals surface area (Å²) >= 11 is 0. The fraction of sp³-hybridized carbons (Fsp3) is 0.500. The van der Waals surface area contributed by atoms with E-state index in [1.165, 1.54) is 12.8 Å². The molecule has 2 rings (SSSR count). The largest absolute Gasteiger partial charge is 0.481 e. The number of benzene rings is 1. The molecule has 1 fully saturated rings. The molecule has 1 unspecified atom stereocenters. The third-order valence-electron chi connectivity index (χ3n) is 3.82. The maximum Gasteiger partial charge on any atom is 0.310 e. The van der Waals surface area contributed by atoms with E-state index in [1.807, 2.05) is 0 Å². The molecule has 0 aromatic heterocycles. The summed E-state index contributed by atoms with van der Waals surface area (Å²) < 4.78 is 5.54. The number of hydrogen-bond acceptors (Lipinski definition) is 3. The van der Waals surface area contributed by atoms with Crippen molar-refractivity contribution in [2.45, 2.75) is 44.6 Å². The summed E-state index contributed by atoms with van der Waals surface area (Å²) in [5.41, 5.74) is 1.36. The minimum absolute atomic E-state index is 0.0674. The molecule has 1 aliphatic rings. The van der Waals surface area contributed by atoms with E-state index < -0.39 is 11.9 Å². The van der Waals surface area contributed by atoms with Crippen molar-refractivity contribution in [2.75, 3.05) is 11.9 Å². The van der Waals surface area contributed by atoms with Gasteiger partial charge in [-0.05, 0) is 37.5 Å². The van der Waals surface area contributed by atoms with Gasteiger partial charge in [0.25, 0.3) is 0 Å². The van der Waals surface area contributed by atoms with Gasteiger partial charge in [-0.1, -0.05) is 25.0 Å². The molecule has 0 spiro atoms. The van der Waals surface area contributed by atoms with Crippen LogP contribution >= 0.6 is 0 Å². The third-order valence-corrected chi connectivity index (χ3v) is 3.82. The van der Waals surface area contributed by atoms with Gasteiger partial charge in [-0.3, -0.25) is 9.59 Å². The van der Waals surface area contributed by atoms with Crippen LogP contribution in [0.15, 0.2) is 24.3 Å². The summed E-state index contributed by atoms with van der Waals surface area (Å²) in [5, 5.41) is 11.7.